The molecule has 1 amide bonds. The number of aromatic nitrogens is 4. The van der Waals surface area contributed by atoms with Gasteiger partial charge < -0.3 is 15.0 Å². The number of carbonyl (C=O) groups is 1. The zero-order valence-electron chi connectivity index (χ0n) is 16.8. The van der Waals surface area contributed by atoms with Crippen molar-refractivity contribution in [1.82, 2.24) is 19.7 Å². The molecule has 30 heavy (non-hydrogen) atoms. The maximum Gasteiger partial charge on any atom is 0.245 e. The Morgan fingerprint density at radius 3 is 2.60 bits per heavy atom. The topological polar surface area (TPSA) is 88.1 Å². The predicted octanol–water partition coefficient (Wildman–Crippen LogP) is 3.64. The third-order valence-corrected chi connectivity index (χ3v) is 5.46. The summed E-state index contributed by atoms with van der Waals surface area (Å²) < 4.78 is 7.23. The molecule has 3 heterocycles. The molecule has 0 aliphatic carbocycles. The SMILES string of the molecule is COc1ccc(-c2n[nH]c(=S)n2CC(=O)Nc2ccc(N3CCCCC3)cn2)cc1. The number of rotatable bonds is 6. The molecule has 2 N–H and O–H groups in total. The van der Waals surface area contributed by atoms with Gasteiger partial charge in [0.1, 0.15) is 18.1 Å². The number of anilines is 2. The van der Waals surface area contributed by atoms with E-state index < -0.39 is 0 Å². The number of hydrogen-bond acceptors (Lipinski definition) is 6. The molecule has 0 radical (unpaired) electrons. The van der Waals surface area contributed by atoms with Crippen LogP contribution < -0.4 is 15.0 Å². The molecular formula is C21H24N6O2S. The Morgan fingerprint density at radius 2 is 1.93 bits per heavy atom. The highest BCUT2D eigenvalue weighted by Gasteiger charge is 2.14. The zero-order chi connectivity index (χ0) is 20.9. The summed E-state index contributed by atoms with van der Waals surface area (Å²) in [5.41, 5.74) is 1.92. The van der Waals surface area contributed by atoms with E-state index in [-0.39, 0.29) is 12.5 Å². The van der Waals surface area contributed by atoms with Gasteiger partial charge in [-0.05, 0) is 67.9 Å². The van der Waals surface area contributed by atoms with Crippen molar-refractivity contribution in [2.45, 2.75) is 25.8 Å². The van der Waals surface area contributed by atoms with Crippen LogP contribution in [0.1, 0.15) is 19.3 Å². The zero-order valence-corrected chi connectivity index (χ0v) is 17.6. The third-order valence-electron chi connectivity index (χ3n) is 5.14. The fourth-order valence-corrected chi connectivity index (χ4v) is 3.75. The molecule has 1 saturated heterocycles. The fraction of sp³-hybridized carbons (Fsp3) is 0.333. The van der Waals surface area contributed by atoms with E-state index in [1.807, 2.05) is 42.6 Å². The molecule has 0 bridgehead atoms. The molecule has 3 aromatic rings. The number of amides is 1. The lowest BCUT2D eigenvalue weighted by Gasteiger charge is -2.28. The summed E-state index contributed by atoms with van der Waals surface area (Å²) in [4.78, 5) is 19.3. The first-order valence-corrected chi connectivity index (χ1v) is 10.4. The molecule has 0 unspecified atom stereocenters. The molecule has 0 saturated carbocycles. The maximum atomic E-state index is 12.6. The lowest BCUT2D eigenvalue weighted by Crippen LogP contribution is -2.29. The van der Waals surface area contributed by atoms with Crippen molar-refractivity contribution in [3.63, 3.8) is 0 Å². The van der Waals surface area contributed by atoms with Crippen LogP contribution in [0.25, 0.3) is 11.4 Å². The molecule has 156 valence electrons. The molecular weight excluding hydrogens is 400 g/mol. The average molecular weight is 425 g/mol. The molecule has 9 heteroatoms. The number of H-pyrrole nitrogens is 1. The Hall–Kier alpha value is -3.20. The first kappa shape index (κ1) is 20.1. The second-order valence-corrected chi connectivity index (χ2v) is 7.55. The lowest BCUT2D eigenvalue weighted by molar-refractivity contribution is -0.116. The van der Waals surface area contributed by atoms with Crippen LogP contribution in [-0.2, 0) is 11.3 Å². The summed E-state index contributed by atoms with van der Waals surface area (Å²) in [5, 5.41) is 9.87. The van der Waals surface area contributed by atoms with Crippen LogP contribution in [0, 0.1) is 4.77 Å². The number of ether oxygens (including phenoxy) is 1. The number of hydrogen-bond donors (Lipinski definition) is 2. The highest BCUT2D eigenvalue weighted by atomic mass is 32.1. The normalized spacial score (nSPS) is 13.8. The van der Waals surface area contributed by atoms with E-state index >= 15 is 0 Å². The molecule has 2 aromatic heterocycles. The van der Waals surface area contributed by atoms with Crippen molar-refractivity contribution in [2.75, 3.05) is 30.4 Å². The van der Waals surface area contributed by atoms with Crippen molar-refractivity contribution in [3.05, 3.63) is 47.4 Å². The summed E-state index contributed by atoms with van der Waals surface area (Å²) in [6, 6.07) is 11.3. The molecule has 1 aromatic carbocycles. The van der Waals surface area contributed by atoms with Gasteiger partial charge in [-0.2, -0.15) is 5.10 Å². The number of carbonyl (C=O) groups excluding carboxylic acids is 1. The highest BCUT2D eigenvalue weighted by Crippen LogP contribution is 2.22. The van der Waals surface area contributed by atoms with Crippen molar-refractivity contribution in [1.29, 1.82) is 0 Å². The standard InChI is InChI=1S/C21H24N6O2S/c1-29-17-8-5-15(6-9-17)20-24-25-21(30)27(20)14-19(28)23-18-10-7-16(13-22-18)26-11-3-2-4-12-26/h5-10,13H,2-4,11-12,14H2,1H3,(H,25,30)(H,22,23,28). The lowest BCUT2D eigenvalue weighted by atomic mass is 10.1. The van der Waals surface area contributed by atoms with Gasteiger partial charge in [0.05, 0.1) is 19.0 Å². The molecule has 0 spiro atoms. The number of methoxy groups -OCH3 is 1. The summed E-state index contributed by atoms with van der Waals surface area (Å²) >= 11 is 5.31. The largest absolute Gasteiger partial charge is 0.497 e. The highest BCUT2D eigenvalue weighted by molar-refractivity contribution is 7.71. The van der Waals surface area contributed by atoms with E-state index in [0.717, 1.165) is 30.1 Å². The van der Waals surface area contributed by atoms with Gasteiger partial charge in [-0.1, -0.05) is 0 Å². The first-order valence-electron chi connectivity index (χ1n) is 9.94. The van der Waals surface area contributed by atoms with Crippen molar-refractivity contribution >= 4 is 29.6 Å². The Bertz CT molecular complexity index is 1050. The summed E-state index contributed by atoms with van der Waals surface area (Å²) in [6.07, 6.45) is 5.51. The quantitative estimate of drug-likeness (QED) is 0.588. The number of aromatic amines is 1. The van der Waals surface area contributed by atoms with Crippen LogP contribution in [0.3, 0.4) is 0 Å². The van der Waals surface area contributed by atoms with Crippen molar-refractivity contribution in [3.8, 4) is 17.1 Å². The molecule has 8 nitrogen and oxygen atoms in total. The Labute approximate surface area is 179 Å². The van der Waals surface area contributed by atoms with Gasteiger partial charge in [0.15, 0.2) is 10.6 Å². The molecule has 1 fully saturated rings. The van der Waals surface area contributed by atoms with Crippen molar-refractivity contribution < 1.29 is 9.53 Å². The molecule has 1 aliphatic heterocycles. The van der Waals surface area contributed by atoms with Gasteiger partial charge in [-0.25, -0.2) is 4.98 Å². The number of pyridine rings is 1. The number of nitrogens with zero attached hydrogens (tertiary/aromatic N) is 4. The van der Waals surface area contributed by atoms with Gasteiger partial charge in [0.2, 0.25) is 5.91 Å². The van der Waals surface area contributed by atoms with Crippen LogP contribution in [-0.4, -0.2) is 45.9 Å². The van der Waals surface area contributed by atoms with Gasteiger partial charge in [-0.3, -0.25) is 14.5 Å². The fourth-order valence-electron chi connectivity index (χ4n) is 3.55. The van der Waals surface area contributed by atoms with Crippen LogP contribution in [0.2, 0.25) is 0 Å². The molecule has 1 aliphatic rings. The number of piperidine rings is 1. The predicted molar refractivity (Wildman–Crippen MR) is 118 cm³/mol. The molecule has 4 rings (SSSR count). The minimum atomic E-state index is -0.222. The third kappa shape index (κ3) is 4.51. The Morgan fingerprint density at radius 1 is 1.17 bits per heavy atom. The van der Waals surface area contributed by atoms with E-state index in [2.05, 4.69) is 25.4 Å². The summed E-state index contributed by atoms with van der Waals surface area (Å²) in [6.45, 7) is 2.15. The smallest absolute Gasteiger partial charge is 0.245 e. The van der Waals surface area contributed by atoms with Crippen LogP contribution >= 0.6 is 12.2 Å². The minimum Gasteiger partial charge on any atom is -0.497 e. The van der Waals surface area contributed by atoms with Gasteiger partial charge in [0, 0.05) is 18.7 Å². The monoisotopic (exact) mass is 424 g/mol. The number of nitrogens with one attached hydrogen (secondary N) is 2. The van der Waals surface area contributed by atoms with E-state index in [1.165, 1.54) is 19.3 Å². The summed E-state index contributed by atoms with van der Waals surface area (Å²) in [7, 11) is 1.61. The van der Waals surface area contributed by atoms with Gasteiger partial charge >= 0.3 is 0 Å². The van der Waals surface area contributed by atoms with Crippen LogP contribution in [0.15, 0.2) is 42.6 Å². The summed E-state index contributed by atoms with van der Waals surface area (Å²) in [5.74, 6) is 1.63. The van der Waals surface area contributed by atoms with Gasteiger partial charge in [-0.15, -0.1) is 0 Å². The van der Waals surface area contributed by atoms with E-state index in [1.54, 1.807) is 11.7 Å². The van der Waals surface area contributed by atoms with E-state index in [0.29, 0.717) is 16.4 Å². The second-order valence-electron chi connectivity index (χ2n) is 7.16. The Balaban J connectivity index is 1.44. The van der Waals surface area contributed by atoms with E-state index in [4.69, 9.17) is 17.0 Å². The second kappa shape index (κ2) is 9.08. The minimum absolute atomic E-state index is 0.0340. The Kier molecular flexibility index (Phi) is 6.08. The average Bonchev–Trinajstić information content (AvgIpc) is 3.15. The first-order chi connectivity index (χ1) is 14.6. The molecule has 0 atom stereocenters. The number of benzene rings is 1. The van der Waals surface area contributed by atoms with Crippen LogP contribution in [0.5, 0.6) is 5.75 Å². The van der Waals surface area contributed by atoms with E-state index in [9.17, 15) is 4.79 Å². The van der Waals surface area contributed by atoms with Crippen LogP contribution in [0.4, 0.5) is 11.5 Å². The van der Waals surface area contributed by atoms with Gasteiger partial charge in [0.25, 0.3) is 0 Å². The van der Waals surface area contributed by atoms with Crippen molar-refractivity contribution in [2.24, 2.45) is 0 Å². The maximum absolute atomic E-state index is 12.6.